The number of halogens is 1. The number of piperidine rings is 1. The summed E-state index contributed by atoms with van der Waals surface area (Å²) in [5.41, 5.74) is 2.42. The molecular weight excluding hydrogens is 481 g/mol. The van der Waals surface area contributed by atoms with Gasteiger partial charge in [0, 0.05) is 45.6 Å². The number of nitrogens with one attached hydrogen (secondary N) is 1. The minimum atomic E-state index is -0.101. The molecule has 1 aromatic heterocycles. The van der Waals surface area contributed by atoms with Gasteiger partial charge in [-0.1, -0.05) is 24.3 Å². The summed E-state index contributed by atoms with van der Waals surface area (Å²) < 4.78 is 7.24. The molecule has 0 spiro atoms. The Bertz CT molecular complexity index is 777. The van der Waals surface area contributed by atoms with E-state index in [1.807, 2.05) is 24.0 Å². The van der Waals surface area contributed by atoms with Crippen LogP contribution >= 0.6 is 24.0 Å². The molecule has 3 rings (SSSR count). The van der Waals surface area contributed by atoms with Gasteiger partial charge in [-0.3, -0.25) is 9.79 Å². The van der Waals surface area contributed by atoms with Gasteiger partial charge in [-0.25, -0.2) is 4.98 Å². The third-order valence-corrected chi connectivity index (χ3v) is 4.95. The maximum absolute atomic E-state index is 12.1. The van der Waals surface area contributed by atoms with Crippen molar-refractivity contribution in [3.8, 4) is 0 Å². The molecular formula is C21H30IN5O2. The van der Waals surface area contributed by atoms with E-state index >= 15 is 0 Å². The minimum absolute atomic E-state index is 0. The number of likely N-dealkylation sites (tertiary alicyclic amines) is 1. The Balaban J connectivity index is 0.00000300. The number of carbonyl (C=O) groups excluding carboxylic acids is 1. The average Bonchev–Trinajstić information content (AvgIpc) is 3.23. The Morgan fingerprint density at radius 2 is 2.07 bits per heavy atom. The van der Waals surface area contributed by atoms with Crippen LogP contribution in [0, 0.1) is 5.92 Å². The summed E-state index contributed by atoms with van der Waals surface area (Å²) in [5.74, 6) is 0.655. The normalized spacial score (nSPS) is 16.8. The molecule has 1 N–H and O–H groups in total. The van der Waals surface area contributed by atoms with Crippen LogP contribution < -0.4 is 5.32 Å². The van der Waals surface area contributed by atoms with Crippen LogP contribution in [0.15, 0.2) is 48.0 Å². The number of hydrogen-bond donors (Lipinski definition) is 1. The quantitative estimate of drug-likeness (QED) is 0.280. The molecule has 8 heteroatoms. The van der Waals surface area contributed by atoms with Crippen molar-refractivity contribution in [2.45, 2.75) is 32.9 Å². The molecule has 1 aliphatic rings. The summed E-state index contributed by atoms with van der Waals surface area (Å²) in [4.78, 5) is 22.7. The highest BCUT2D eigenvalue weighted by Crippen LogP contribution is 2.18. The van der Waals surface area contributed by atoms with E-state index in [0.29, 0.717) is 19.7 Å². The summed E-state index contributed by atoms with van der Waals surface area (Å²) in [5, 5.41) is 3.42. The molecule has 158 valence electrons. The Morgan fingerprint density at radius 3 is 2.72 bits per heavy atom. The van der Waals surface area contributed by atoms with Gasteiger partial charge in [0.1, 0.15) is 0 Å². The van der Waals surface area contributed by atoms with Crippen molar-refractivity contribution in [1.29, 1.82) is 0 Å². The number of aromatic nitrogens is 2. The molecule has 0 amide bonds. The highest BCUT2D eigenvalue weighted by Gasteiger charge is 2.28. The van der Waals surface area contributed by atoms with Crippen LogP contribution in [0.25, 0.3) is 0 Å². The first-order valence-electron chi connectivity index (χ1n) is 9.85. The number of ether oxygens (including phenoxy) is 1. The first kappa shape index (κ1) is 23.2. The summed E-state index contributed by atoms with van der Waals surface area (Å²) in [7, 11) is 1.78. The summed E-state index contributed by atoms with van der Waals surface area (Å²) >= 11 is 0. The standard InChI is InChI=1S/C21H29N5O2.HI/c1-3-28-20(27)19-5-4-11-26(15-19)21(22-2)24-13-17-6-8-18(9-7-17)14-25-12-10-23-16-25;/h6-10,12,16,19H,3-5,11,13-15H2,1-2H3,(H,22,24);1H. The Morgan fingerprint density at radius 1 is 1.31 bits per heavy atom. The van der Waals surface area contributed by atoms with Gasteiger partial charge in [0.25, 0.3) is 0 Å². The van der Waals surface area contributed by atoms with E-state index in [1.165, 1.54) is 11.1 Å². The zero-order chi connectivity index (χ0) is 19.8. The van der Waals surface area contributed by atoms with Gasteiger partial charge >= 0.3 is 5.97 Å². The number of aliphatic imine (C=N–C) groups is 1. The number of hydrogen-bond acceptors (Lipinski definition) is 4. The Hall–Kier alpha value is -2.10. The lowest BCUT2D eigenvalue weighted by atomic mass is 9.98. The van der Waals surface area contributed by atoms with Gasteiger partial charge in [0.05, 0.1) is 18.9 Å². The highest BCUT2D eigenvalue weighted by molar-refractivity contribution is 14.0. The second-order valence-electron chi connectivity index (χ2n) is 6.99. The molecule has 0 saturated carbocycles. The Labute approximate surface area is 189 Å². The van der Waals surface area contributed by atoms with Gasteiger partial charge in [-0.05, 0) is 30.9 Å². The van der Waals surface area contributed by atoms with Crippen LogP contribution in [0.3, 0.4) is 0 Å². The SMILES string of the molecule is CCOC(=O)C1CCCN(C(=NC)NCc2ccc(Cn3ccnc3)cc2)C1.I. The monoisotopic (exact) mass is 511 g/mol. The fourth-order valence-electron chi connectivity index (χ4n) is 3.49. The van der Waals surface area contributed by atoms with Crippen LogP contribution in [0.1, 0.15) is 30.9 Å². The third-order valence-electron chi connectivity index (χ3n) is 4.95. The van der Waals surface area contributed by atoms with Crippen LogP contribution in [-0.2, 0) is 22.6 Å². The predicted molar refractivity (Wildman–Crippen MR) is 124 cm³/mol. The molecule has 2 aromatic rings. The lowest BCUT2D eigenvalue weighted by Gasteiger charge is -2.34. The van der Waals surface area contributed by atoms with E-state index in [-0.39, 0.29) is 35.9 Å². The van der Waals surface area contributed by atoms with Crippen molar-refractivity contribution in [2.75, 3.05) is 26.7 Å². The van der Waals surface area contributed by atoms with Crippen LogP contribution in [0.2, 0.25) is 0 Å². The molecule has 0 bridgehead atoms. The fourth-order valence-corrected chi connectivity index (χ4v) is 3.49. The van der Waals surface area contributed by atoms with Crippen molar-refractivity contribution < 1.29 is 9.53 Å². The topological polar surface area (TPSA) is 71.8 Å². The number of esters is 1. The molecule has 1 aromatic carbocycles. The van der Waals surface area contributed by atoms with Crippen molar-refractivity contribution in [2.24, 2.45) is 10.9 Å². The van der Waals surface area contributed by atoms with Crippen molar-refractivity contribution >= 4 is 35.9 Å². The van der Waals surface area contributed by atoms with Crippen molar-refractivity contribution in [1.82, 2.24) is 19.8 Å². The van der Waals surface area contributed by atoms with Gasteiger partial charge in [-0.15, -0.1) is 24.0 Å². The molecule has 0 aliphatic carbocycles. The van der Waals surface area contributed by atoms with E-state index < -0.39 is 0 Å². The molecule has 1 fully saturated rings. The molecule has 1 atom stereocenters. The molecule has 2 heterocycles. The van der Waals surface area contributed by atoms with Crippen LogP contribution in [-0.4, -0.2) is 53.1 Å². The van der Waals surface area contributed by atoms with Crippen LogP contribution in [0.5, 0.6) is 0 Å². The highest BCUT2D eigenvalue weighted by atomic mass is 127. The number of benzene rings is 1. The van der Waals surface area contributed by atoms with Gasteiger partial charge in [0.15, 0.2) is 5.96 Å². The minimum Gasteiger partial charge on any atom is -0.466 e. The van der Waals surface area contributed by atoms with Crippen molar-refractivity contribution in [3.05, 3.63) is 54.1 Å². The molecule has 1 aliphatic heterocycles. The maximum atomic E-state index is 12.1. The predicted octanol–water partition coefficient (Wildman–Crippen LogP) is 2.90. The largest absolute Gasteiger partial charge is 0.466 e. The van der Waals surface area contributed by atoms with Crippen molar-refractivity contribution in [3.63, 3.8) is 0 Å². The number of nitrogens with zero attached hydrogens (tertiary/aromatic N) is 4. The van der Waals surface area contributed by atoms with Gasteiger partial charge in [0.2, 0.25) is 0 Å². The average molecular weight is 511 g/mol. The lowest BCUT2D eigenvalue weighted by Crippen LogP contribution is -2.48. The van der Waals surface area contributed by atoms with Gasteiger partial charge < -0.3 is 19.5 Å². The van der Waals surface area contributed by atoms with E-state index in [0.717, 1.165) is 31.9 Å². The molecule has 1 saturated heterocycles. The van der Waals surface area contributed by atoms with E-state index in [9.17, 15) is 4.79 Å². The molecule has 0 radical (unpaired) electrons. The lowest BCUT2D eigenvalue weighted by molar-refractivity contribution is -0.149. The number of rotatable bonds is 6. The summed E-state index contributed by atoms with van der Waals surface area (Å²) in [6, 6.07) is 8.53. The molecule has 1 unspecified atom stereocenters. The number of carbonyl (C=O) groups is 1. The molecule has 7 nitrogen and oxygen atoms in total. The summed E-state index contributed by atoms with van der Waals surface area (Å²) in [6.07, 6.45) is 7.41. The number of guanidine groups is 1. The smallest absolute Gasteiger partial charge is 0.310 e. The van der Waals surface area contributed by atoms with Crippen LogP contribution in [0.4, 0.5) is 0 Å². The Kier molecular flexibility index (Phi) is 9.43. The number of imidazole rings is 1. The van der Waals surface area contributed by atoms with E-state index in [1.54, 1.807) is 13.2 Å². The first-order valence-corrected chi connectivity index (χ1v) is 9.85. The second kappa shape index (κ2) is 11.8. The first-order chi connectivity index (χ1) is 13.7. The zero-order valence-electron chi connectivity index (χ0n) is 17.1. The van der Waals surface area contributed by atoms with E-state index in [4.69, 9.17) is 4.74 Å². The molecule has 29 heavy (non-hydrogen) atoms. The van der Waals surface area contributed by atoms with Gasteiger partial charge in [-0.2, -0.15) is 0 Å². The maximum Gasteiger partial charge on any atom is 0.310 e. The zero-order valence-corrected chi connectivity index (χ0v) is 19.4. The third kappa shape index (κ3) is 6.73. The second-order valence-corrected chi connectivity index (χ2v) is 6.99. The summed E-state index contributed by atoms with van der Waals surface area (Å²) in [6.45, 7) is 5.34. The fraction of sp³-hybridized carbons (Fsp3) is 0.476. The van der Waals surface area contributed by atoms with E-state index in [2.05, 4.69) is 44.5 Å².